The van der Waals surface area contributed by atoms with Crippen molar-refractivity contribution in [2.24, 2.45) is 0 Å². The number of rotatable bonds is 7. The summed E-state index contributed by atoms with van der Waals surface area (Å²) in [4.78, 5) is 21.1. The number of nitrogens with one attached hydrogen (secondary N) is 2. The number of benzene rings is 2. The number of carbonyl (C=O) groups is 1. The van der Waals surface area contributed by atoms with E-state index in [4.69, 9.17) is 11.6 Å². The highest BCUT2D eigenvalue weighted by Crippen LogP contribution is 2.23. The SMILES string of the molecule is CSCC[C@@H](NC(=O)c1ccc(Cl)cc1-n1cnnn1)c1nc2ccccc2[nH]1. The number of fused-ring (bicyclic) bond motifs is 1. The Hall–Kier alpha value is -2.91. The lowest BCUT2D eigenvalue weighted by molar-refractivity contribution is 0.0934. The molecule has 0 aliphatic rings. The molecule has 4 aromatic rings. The van der Waals surface area contributed by atoms with Crippen LogP contribution in [0.4, 0.5) is 0 Å². The topological polar surface area (TPSA) is 101 Å². The van der Waals surface area contributed by atoms with Crippen LogP contribution in [-0.4, -0.2) is 48.1 Å². The molecule has 2 heterocycles. The first-order valence-electron chi connectivity index (χ1n) is 8.93. The van der Waals surface area contributed by atoms with E-state index >= 15 is 0 Å². The maximum Gasteiger partial charge on any atom is 0.254 e. The Morgan fingerprint density at radius 2 is 2.17 bits per heavy atom. The van der Waals surface area contributed by atoms with Crippen molar-refractivity contribution < 1.29 is 4.79 Å². The van der Waals surface area contributed by atoms with Gasteiger partial charge in [0.2, 0.25) is 0 Å². The zero-order chi connectivity index (χ0) is 20.2. The number of aromatic amines is 1. The molecule has 1 amide bonds. The fraction of sp³-hybridized carbons (Fsp3) is 0.211. The Kier molecular flexibility index (Phi) is 5.77. The predicted octanol–water partition coefficient (Wildman–Crippen LogP) is 3.42. The van der Waals surface area contributed by atoms with Crippen LogP contribution >= 0.6 is 23.4 Å². The summed E-state index contributed by atoms with van der Waals surface area (Å²) in [6.07, 6.45) is 4.19. The Morgan fingerprint density at radius 1 is 1.31 bits per heavy atom. The van der Waals surface area contributed by atoms with Gasteiger partial charge in [0.15, 0.2) is 0 Å². The summed E-state index contributed by atoms with van der Waals surface area (Å²) in [5.41, 5.74) is 2.73. The van der Waals surface area contributed by atoms with E-state index in [-0.39, 0.29) is 11.9 Å². The fourth-order valence-corrected chi connectivity index (χ4v) is 3.68. The average Bonchev–Trinajstić information content (AvgIpc) is 3.40. The quantitative estimate of drug-likeness (QED) is 0.468. The molecule has 29 heavy (non-hydrogen) atoms. The van der Waals surface area contributed by atoms with Crippen LogP contribution in [0.3, 0.4) is 0 Å². The zero-order valence-corrected chi connectivity index (χ0v) is 17.1. The number of aromatic nitrogens is 6. The number of hydrogen-bond donors (Lipinski definition) is 2. The van der Waals surface area contributed by atoms with Gasteiger partial charge in [-0.05, 0) is 59.2 Å². The molecule has 8 nitrogen and oxygen atoms in total. The van der Waals surface area contributed by atoms with Crippen LogP contribution in [0.1, 0.15) is 28.6 Å². The maximum absolute atomic E-state index is 13.1. The number of imidazole rings is 1. The molecule has 2 aromatic heterocycles. The van der Waals surface area contributed by atoms with E-state index in [0.29, 0.717) is 16.3 Å². The minimum Gasteiger partial charge on any atom is -0.342 e. The molecule has 0 spiro atoms. The first kappa shape index (κ1) is 19.4. The third-order valence-electron chi connectivity index (χ3n) is 4.45. The fourth-order valence-electron chi connectivity index (χ4n) is 3.04. The number of nitrogens with zero attached hydrogens (tertiary/aromatic N) is 5. The molecule has 10 heteroatoms. The van der Waals surface area contributed by atoms with Gasteiger partial charge in [-0.15, -0.1) is 5.10 Å². The van der Waals surface area contributed by atoms with Gasteiger partial charge in [0.05, 0.1) is 28.3 Å². The van der Waals surface area contributed by atoms with Gasteiger partial charge in [-0.2, -0.15) is 16.4 Å². The lowest BCUT2D eigenvalue weighted by atomic mass is 10.1. The Bertz CT molecular complexity index is 1100. The smallest absolute Gasteiger partial charge is 0.254 e. The highest BCUT2D eigenvalue weighted by molar-refractivity contribution is 7.98. The van der Waals surface area contributed by atoms with Crippen LogP contribution in [0.2, 0.25) is 5.02 Å². The van der Waals surface area contributed by atoms with Crippen LogP contribution < -0.4 is 5.32 Å². The highest BCUT2D eigenvalue weighted by atomic mass is 35.5. The molecule has 0 aliphatic carbocycles. The largest absolute Gasteiger partial charge is 0.342 e. The van der Waals surface area contributed by atoms with Crippen molar-refractivity contribution in [1.82, 2.24) is 35.5 Å². The van der Waals surface area contributed by atoms with Crippen molar-refractivity contribution >= 4 is 40.3 Å². The number of thioether (sulfide) groups is 1. The van der Waals surface area contributed by atoms with Gasteiger partial charge in [0, 0.05) is 5.02 Å². The van der Waals surface area contributed by atoms with Gasteiger partial charge < -0.3 is 10.3 Å². The van der Waals surface area contributed by atoms with Gasteiger partial charge in [-0.3, -0.25) is 4.79 Å². The van der Waals surface area contributed by atoms with Crippen molar-refractivity contribution in [1.29, 1.82) is 0 Å². The van der Waals surface area contributed by atoms with Crippen molar-refractivity contribution in [3.05, 3.63) is 65.2 Å². The number of amides is 1. The molecular weight excluding hydrogens is 410 g/mol. The molecule has 0 saturated carbocycles. The molecule has 0 bridgehead atoms. The third kappa shape index (κ3) is 4.25. The van der Waals surface area contributed by atoms with E-state index in [9.17, 15) is 4.79 Å². The second-order valence-electron chi connectivity index (χ2n) is 6.36. The summed E-state index contributed by atoms with van der Waals surface area (Å²) in [6.45, 7) is 0. The van der Waals surface area contributed by atoms with Crippen molar-refractivity contribution in [3.8, 4) is 5.69 Å². The van der Waals surface area contributed by atoms with Crippen molar-refractivity contribution in [2.45, 2.75) is 12.5 Å². The van der Waals surface area contributed by atoms with E-state index in [1.165, 1.54) is 11.0 Å². The van der Waals surface area contributed by atoms with Gasteiger partial charge in [0.1, 0.15) is 12.2 Å². The molecule has 1 atom stereocenters. The van der Waals surface area contributed by atoms with Gasteiger partial charge in [-0.25, -0.2) is 4.98 Å². The summed E-state index contributed by atoms with van der Waals surface area (Å²) in [5.74, 6) is 1.35. The summed E-state index contributed by atoms with van der Waals surface area (Å²) in [6, 6.07) is 12.5. The van der Waals surface area contributed by atoms with E-state index in [0.717, 1.165) is 29.0 Å². The molecule has 0 saturated heterocycles. The van der Waals surface area contributed by atoms with Crippen molar-refractivity contribution in [3.63, 3.8) is 0 Å². The molecule has 148 valence electrons. The summed E-state index contributed by atoms with van der Waals surface area (Å²) < 4.78 is 1.42. The van der Waals surface area contributed by atoms with Crippen LogP contribution in [0.15, 0.2) is 48.8 Å². The molecule has 0 fully saturated rings. The second-order valence-corrected chi connectivity index (χ2v) is 7.78. The summed E-state index contributed by atoms with van der Waals surface area (Å²) in [7, 11) is 0. The molecule has 2 aromatic carbocycles. The number of halogens is 1. The van der Waals surface area contributed by atoms with E-state index in [1.54, 1.807) is 30.0 Å². The molecule has 0 unspecified atom stereocenters. The summed E-state index contributed by atoms with van der Waals surface area (Å²) >= 11 is 7.84. The van der Waals surface area contributed by atoms with Crippen LogP contribution in [-0.2, 0) is 0 Å². The second kappa shape index (κ2) is 8.62. The molecule has 0 aliphatic heterocycles. The monoisotopic (exact) mass is 427 g/mol. The summed E-state index contributed by atoms with van der Waals surface area (Å²) in [5, 5.41) is 14.8. The standard InChI is InChI=1S/C19H18ClN7OS/c1-29-9-8-16(18-22-14-4-2-3-5-15(14)23-18)24-19(28)13-7-6-12(20)10-17(13)27-11-21-25-26-27/h2-7,10-11,16H,8-9H2,1H3,(H,22,23)(H,24,28)/t16-/m1/s1. The molecule has 4 rings (SSSR count). The number of hydrogen-bond acceptors (Lipinski definition) is 6. The lowest BCUT2D eigenvalue weighted by Gasteiger charge is -2.17. The molecular formula is C19H18ClN7OS. The normalized spacial score (nSPS) is 12.2. The Morgan fingerprint density at radius 3 is 2.93 bits per heavy atom. The Labute approximate surface area is 176 Å². The van der Waals surface area contributed by atoms with E-state index in [1.807, 2.05) is 30.5 Å². The number of H-pyrrole nitrogens is 1. The average molecular weight is 428 g/mol. The van der Waals surface area contributed by atoms with E-state index < -0.39 is 0 Å². The maximum atomic E-state index is 13.1. The minimum atomic E-state index is -0.264. The highest BCUT2D eigenvalue weighted by Gasteiger charge is 2.21. The van der Waals surface area contributed by atoms with E-state index in [2.05, 4.69) is 30.8 Å². The third-order valence-corrected chi connectivity index (χ3v) is 5.33. The van der Waals surface area contributed by atoms with Gasteiger partial charge in [-0.1, -0.05) is 23.7 Å². The van der Waals surface area contributed by atoms with Crippen LogP contribution in [0, 0.1) is 0 Å². The van der Waals surface area contributed by atoms with Crippen LogP contribution in [0.25, 0.3) is 16.7 Å². The number of carbonyl (C=O) groups excluding carboxylic acids is 1. The van der Waals surface area contributed by atoms with Crippen LogP contribution in [0.5, 0.6) is 0 Å². The molecule has 2 N–H and O–H groups in total. The number of para-hydroxylation sites is 2. The van der Waals surface area contributed by atoms with Gasteiger partial charge in [0.25, 0.3) is 5.91 Å². The lowest BCUT2D eigenvalue weighted by Crippen LogP contribution is -2.30. The first-order chi connectivity index (χ1) is 14.2. The number of tetrazole rings is 1. The van der Waals surface area contributed by atoms with Crippen molar-refractivity contribution in [2.75, 3.05) is 12.0 Å². The predicted molar refractivity (Wildman–Crippen MR) is 113 cm³/mol. The molecule has 0 radical (unpaired) electrons. The minimum absolute atomic E-state index is 0.251. The van der Waals surface area contributed by atoms with Gasteiger partial charge >= 0.3 is 0 Å². The zero-order valence-electron chi connectivity index (χ0n) is 15.5. The Balaban J connectivity index is 1.65. The first-order valence-corrected chi connectivity index (χ1v) is 10.7.